The fraction of sp³-hybridized carbons (Fsp3) is 0.636. The standard InChI is InChI=1S/C11H17ClN4/c1-16(8-5-3-2-4-6-8)11-9(13)10(12)14-7-15-11/h7-8H,2-6,13H2,1H3. The van der Waals surface area contributed by atoms with Gasteiger partial charge < -0.3 is 10.6 Å². The van der Waals surface area contributed by atoms with Crippen molar-refractivity contribution in [2.24, 2.45) is 0 Å². The van der Waals surface area contributed by atoms with E-state index in [1.54, 1.807) is 0 Å². The minimum absolute atomic E-state index is 0.340. The fourth-order valence-electron chi connectivity index (χ4n) is 2.29. The third-order valence-corrected chi connectivity index (χ3v) is 3.57. The van der Waals surface area contributed by atoms with Crippen molar-refractivity contribution in [1.29, 1.82) is 0 Å². The normalized spacial score (nSPS) is 17.4. The molecule has 2 rings (SSSR count). The molecule has 0 radical (unpaired) electrons. The van der Waals surface area contributed by atoms with Gasteiger partial charge in [-0.2, -0.15) is 0 Å². The first-order valence-electron chi connectivity index (χ1n) is 5.69. The summed E-state index contributed by atoms with van der Waals surface area (Å²) in [6.07, 6.45) is 7.79. The van der Waals surface area contributed by atoms with Gasteiger partial charge >= 0.3 is 0 Å². The molecule has 1 aliphatic carbocycles. The molecule has 88 valence electrons. The molecular formula is C11H17ClN4. The van der Waals surface area contributed by atoms with Crippen LogP contribution in [0.5, 0.6) is 0 Å². The van der Waals surface area contributed by atoms with E-state index in [0.717, 1.165) is 5.82 Å². The Morgan fingerprint density at radius 2 is 2.00 bits per heavy atom. The van der Waals surface area contributed by atoms with E-state index < -0.39 is 0 Å². The predicted octanol–water partition coefficient (Wildman–Crippen LogP) is 2.48. The zero-order chi connectivity index (χ0) is 11.5. The van der Waals surface area contributed by atoms with Crippen LogP contribution in [0.15, 0.2) is 6.33 Å². The summed E-state index contributed by atoms with van der Waals surface area (Å²) in [5.41, 5.74) is 6.38. The maximum absolute atomic E-state index is 5.89. The predicted molar refractivity (Wildman–Crippen MR) is 66.7 cm³/mol. The lowest BCUT2D eigenvalue weighted by Crippen LogP contribution is -2.34. The van der Waals surface area contributed by atoms with Crippen molar-refractivity contribution >= 4 is 23.1 Å². The van der Waals surface area contributed by atoms with Crippen molar-refractivity contribution in [3.8, 4) is 0 Å². The van der Waals surface area contributed by atoms with Gasteiger partial charge in [-0.1, -0.05) is 30.9 Å². The van der Waals surface area contributed by atoms with Gasteiger partial charge in [-0.25, -0.2) is 9.97 Å². The van der Waals surface area contributed by atoms with Crippen molar-refractivity contribution < 1.29 is 0 Å². The Kier molecular flexibility index (Phi) is 3.49. The minimum Gasteiger partial charge on any atom is -0.393 e. The second kappa shape index (κ2) is 4.87. The molecule has 4 nitrogen and oxygen atoms in total. The quantitative estimate of drug-likeness (QED) is 0.807. The first-order chi connectivity index (χ1) is 7.70. The van der Waals surface area contributed by atoms with E-state index in [1.165, 1.54) is 38.4 Å². The molecule has 0 unspecified atom stereocenters. The van der Waals surface area contributed by atoms with E-state index in [-0.39, 0.29) is 0 Å². The topological polar surface area (TPSA) is 55.0 Å². The van der Waals surface area contributed by atoms with Crippen LogP contribution in [-0.4, -0.2) is 23.1 Å². The van der Waals surface area contributed by atoms with Crippen LogP contribution in [0.1, 0.15) is 32.1 Å². The van der Waals surface area contributed by atoms with E-state index in [0.29, 0.717) is 16.9 Å². The lowest BCUT2D eigenvalue weighted by Gasteiger charge is -2.32. The Bertz CT molecular complexity index is 363. The Balaban J connectivity index is 2.19. The number of halogens is 1. The number of nitrogens with two attached hydrogens (primary N) is 1. The van der Waals surface area contributed by atoms with Gasteiger partial charge in [-0.05, 0) is 12.8 Å². The molecule has 1 aromatic heterocycles. The molecule has 1 heterocycles. The van der Waals surface area contributed by atoms with Crippen LogP contribution in [0.4, 0.5) is 11.5 Å². The van der Waals surface area contributed by atoms with Crippen molar-refractivity contribution in [2.75, 3.05) is 17.7 Å². The summed E-state index contributed by atoms with van der Waals surface area (Å²) >= 11 is 5.89. The van der Waals surface area contributed by atoms with E-state index in [1.807, 2.05) is 7.05 Å². The summed E-state index contributed by atoms with van der Waals surface area (Å²) in [7, 11) is 2.03. The maximum atomic E-state index is 5.89. The number of hydrogen-bond donors (Lipinski definition) is 1. The molecule has 0 aromatic carbocycles. The molecule has 1 aliphatic rings. The molecule has 1 fully saturated rings. The number of aromatic nitrogens is 2. The molecule has 0 bridgehead atoms. The van der Waals surface area contributed by atoms with Crippen molar-refractivity contribution in [3.63, 3.8) is 0 Å². The number of hydrogen-bond acceptors (Lipinski definition) is 4. The zero-order valence-electron chi connectivity index (χ0n) is 9.49. The summed E-state index contributed by atoms with van der Waals surface area (Å²) in [6.45, 7) is 0. The van der Waals surface area contributed by atoms with Crippen LogP contribution in [0.25, 0.3) is 0 Å². The molecule has 16 heavy (non-hydrogen) atoms. The summed E-state index contributed by atoms with van der Waals surface area (Å²) in [5.74, 6) is 0.756. The molecule has 0 saturated heterocycles. The molecule has 1 aromatic rings. The SMILES string of the molecule is CN(c1ncnc(Cl)c1N)C1CCCCC1. The molecule has 1 saturated carbocycles. The van der Waals surface area contributed by atoms with Crippen LogP contribution in [0, 0.1) is 0 Å². The summed E-state index contributed by atoms with van der Waals surface area (Å²) in [5, 5.41) is 0.340. The molecule has 2 N–H and O–H groups in total. The number of anilines is 2. The Labute approximate surface area is 101 Å². The average Bonchev–Trinajstić information content (AvgIpc) is 2.33. The highest BCUT2D eigenvalue weighted by molar-refractivity contribution is 6.32. The van der Waals surface area contributed by atoms with Crippen molar-refractivity contribution in [2.45, 2.75) is 38.1 Å². The van der Waals surface area contributed by atoms with Crippen LogP contribution in [0.2, 0.25) is 5.15 Å². The summed E-state index contributed by atoms with van der Waals surface area (Å²) in [6, 6.07) is 0.530. The van der Waals surface area contributed by atoms with Gasteiger partial charge in [0, 0.05) is 13.1 Å². The lowest BCUT2D eigenvalue weighted by atomic mass is 9.94. The van der Waals surface area contributed by atoms with E-state index in [4.69, 9.17) is 17.3 Å². The van der Waals surface area contributed by atoms with E-state index >= 15 is 0 Å². The number of nitrogen functional groups attached to an aromatic ring is 1. The third kappa shape index (κ3) is 2.21. The van der Waals surface area contributed by atoms with Crippen LogP contribution >= 0.6 is 11.6 Å². The lowest BCUT2D eigenvalue weighted by molar-refractivity contribution is 0.426. The minimum atomic E-state index is 0.340. The average molecular weight is 241 g/mol. The zero-order valence-corrected chi connectivity index (χ0v) is 10.2. The second-order valence-corrected chi connectivity index (χ2v) is 4.66. The van der Waals surface area contributed by atoms with Crippen LogP contribution in [0.3, 0.4) is 0 Å². The first kappa shape index (κ1) is 11.5. The monoisotopic (exact) mass is 240 g/mol. The number of nitrogens with zero attached hydrogens (tertiary/aromatic N) is 3. The Morgan fingerprint density at radius 3 is 2.69 bits per heavy atom. The largest absolute Gasteiger partial charge is 0.393 e. The highest BCUT2D eigenvalue weighted by Crippen LogP contribution is 2.30. The van der Waals surface area contributed by atoms with Crippen molar-refractivity contribution in [3.05, 3.63) is 11.5 Å². The molecular weight excluding hydrogens is 224 g/mol. The Morgan fingerprint density at radius 1 is 1.31 bits per heavy atom. The molecule has 0 atom stereocenters. The molecule has 5 heteroatoms. The van der Waals surface area contributed by atoms with Gasteiger partial charge in [0.25, 0.3) is 0 Å². The summed E-state index contributed by atoms with van der Waals surface area (Å²) in [4.78, 5) is 10.2. The van der Waals surface area contributed by atoms with Gasteiger partial charge in [-0.3, -0.25) is 0 Å². The second-order valence-electron chi connectivity index (χ2n) is 4.30. The molecule has 0 amide bonds. The highest BCUT2D eigenvalue weighted by atomic mass is 35.5. The van der Waals surface area contributed by atoms with Crippen LogP contribution in [-0.2, 0) is 0 Å². The molecule has 0 aliphatic heterocycles. The van der Waals surface area contributed by atoms with Gasteiger partial charge in [0.05, 0.1) is 0 Å². The van der Waals surface area contributed by atoms with E-state index in [9.17, 15) is 0 Å². The third-order valence-electron chi connectivity index (χ3n) is 3.27. The summed E-state index contributed by atoms with van der Waals surface area (Å²) < 4.78 is 0. The maximum Gasteiger partial charge on any atom is 0.157 e. The van der Waals surface area contributed by atoms with Gasteiger partial charge in [0.2, 0.25) is 0 Å². The van der Waals surface area contributed by atoms with E-state index in [2.05, 4.69) is 14.9 Å². The number of rotatable bonds is 2. The highest BCUT2D eigenvalue weighted by Gasteiger charge is 2.21. The van der Waals surface area contributed by atoms with Crippen molar-refractivity contribution in [1.82, 2.24) is 9.97 Å². The van der Waals surface area contributed by atoms with Gasteiger partial charge in [-0.15, -0.1) is 0 Å². The fourth-order valence-corrected chi connectivity index (χ4v) is 2.42. The van der Waals surface area contributed by atoms with Crippen LogP contribution < -0.4 is 10.6 Å². The van der Waals surface area contributed by atoms with Gasteiger partial charge in [0.15, 0.2) is 11.0 Å². The Hall–Kier alpha value is -1.03. The molecule has 0 spiro atoms. The smallest absolute Gasteiger partial charge is 0.157 e. The van der Waals surface area contributed by atoms with Gasteiger partial charge in [0.1, 0.15) is 12.0 Å². The first-order valence-corrected chi connectivity index (χ1v) is 6.06.